The first-order valence-corrected chi connectivity index (χ1v) is 11.1. The molecule has 2 amide bonds. The summed E-state index contributed by atoms with van der Waals surface area (Å²) < 4.78 is 21.0. The van der Waals surface area contributed by atoms with Crippen molar-refractivity contribution in [2.45, 2.75) is 19.8 Å². The van der Waals surface area contributed by atoms with Gasteiger partial charge in [0, 0.05) is 30.3 Å². The Balaban J connectivity index is 1.59. The standard InChI is InChI=1S/C25H30N2O7/c1-5-34-25(30)17-6-8-19(9-7-17)26-23(28)16-10-12-27(13-11-16)24(29)18-14-20(31-2)22(33-4)21(15-18)32-3/h6-9,14-16H,5,10-13H2,1-4H3,(H,26,28). The lowest BCUT2D eigenvalue weighted by molar-refractivity contribution is -0.121. The molecule has 0 saturated carbocycles. The van der Waals surface area contributed by atoms with Gasteiger partial charge in [0.05, 0.1) is 33.5 Å². The fourth-order valence-corrected chi connectivity index (χ4v) is 3.88. The van der Waals surface area contributed by atoms with Crippen LogP contribution in [0.1, 0.15) is 40.5 Å². The Bertz CT molecular complexity index is 1000. The lowest BCUT2D eigenvalue weighted by Gasteiger charge is -2.31. The molecule has 2 aromatic carbocycles. The van der Waals surface area contributed by atoms with E-state index in [1.807, 2.05) is 0 Å². The van der Waals surface area contributed by atoms with Crippen LogP contribution < -0.4 is 19.5 Å². The molecule has 0 unspecified atom stereocenters. The van der Waals surface area contributed by atoms with E-state index in [9.17, 15) is 14.4 Å². The van der Waals surface area contributed by atoms with E-state index >= 15 is 0 Å². The molecule has 1 aliphatic heterocycles. The van der Waals surface area contributed by atoms with Crippen LogP contribution in [0.2, 0.25) is 0 Å². The van der Waals surface area contributed by atoms with Crippen molar-refractivity contribution >= 4 is 23.5 Å². The van der Waals surface area contributed by atoms with Gasteiger partial charge in [-0.25, -0.2) is 4.79 Å². The number of carbonyl (C=O) groups excluding carboxylic acids is 3. The number of nitrogens with zero attached hydrogens (tertiary/aromatic N) is 1. The third kappa shape index (κ3) is 5.59. The highest BCUT2D eigenvalue weighted by atomic mass is 16.5. The normalized spacial score (nSPS) is 13.7. The van der Waals surface area contributed by atoms with Crippen LogP contribution >= 0.6 is 0 Å². The van der Waals surface area contributed by atoms with Crippen molar-refractivity contribution in [3.63, 3.8) is 0 Å². The topological polar surface area (TPSA) is 103 Å². The van der Waals surface area contributed by atoms with E-state index in [2.05, 4.69) is 5.32 Å². The fourth-order valence-electron chi connectivity index (χ4n) is 3.88. The number of likely N-dealkylation sites (tertiary alicyclic amines) is 1. The number of rotatable bonds is 8. The second-order valence-corrected chi connectivity index (χ2v) is 7.77. The summed E-state index contributed by atoms with van der Waals surface area (Å²) in [4.78, 5) is 39.3. The number of amides is 2. The summed E-state index contributed by atoms with van der Waals surface area (Å²) in [6, 6.07) is 9.84. The molecule has 0 atom stereocenters. The zero-order chi connectivity index (χ0) is 24.7. The summed E-state index contributed by atoms with van der Waals surface area (Å²) >= 11 is 0. The molecule has 0 radical (unpaired) electrons. The van der Waals surface area contributed by atoms with Gasteiger partial charge in [0.25, 0.3) is 5.91 Å². The number of carbonyl (C=O) groups is 3. The van der Waals surface area contributed by atoms with E-state index in [4.69, 9.17) is 18.9 Å². The molecule has 9 heteroatoms. The van der Waals surface area contributed by atoms with Crippen molar-refractivity contribution in [3.8, 4) is 17.2 Å². The summed E-state index contributed by atoms with van der Waals surface area (Å²) in [7, 11) is 4.51. The van der Waals surface area contributed by atoms with Crippen LogP contribution in [0.5, 0.6) is 17.2 Å². The first kappa shape index (κ1) is 24.9. The SMILES string of the molecule is CCOC(=O)c1ccc(NC(=O)C2CCN(C(=O)c3cc(OC)c(OC)c(OC)c3)CC2)cc1. The van der Waals surface area contributed by atoms with Gasteiger partial charge in [-0.15, -0.1) is 0 Å². The number of hydrogen-bond acceptors (Lipinski definition) is 7. The van der Waals surface area contributed by atoms with Crippen molar-refractivity contribution < 1.29 is 33.3 Å². The largest absolute Gasteiger partial charge is 0.493 e. The highest BCUT2D eigenvalue weighted by molar-refractivity contribution is 5.97. The molecular weight excluding hydrogens is 440 g/mol. The monoisotopic (exact) mass is 470 g/mol. The van der Waals surface area contributed by atoms with Gasteiger partial charge in [-0.1, -0.05) is 0 Å². The number of anilines is 1. The molecule has 1 heterocycles. The van der Waals surface area contributed by atoms with Crippen molar-refractivity contribution in [2.75, 3.05) is 46.3 Å². The molecule has 0 aliphatic carbocycles. The van der Waals surface area contributed by atoms with Crippen molar-refractivity contribution in [1.82, 2.24) is 4.90 Å². The van der Waals surface area contributed by atoms with E-state index in [-0.39, 0.29) is 17.7 Å². The first-order valence-electron chi connectivity index (χ1n) is 11.1. The molecule has 2 aromatic rings. The predicted molar refractivity (Wildman–Crippen MR) is 126 cm³/mol. The third-order valence-electron chi connectivity index (χ3n) is 5.73. The van der Waals surface area contributed by atoms with Crippen LogP contribution in [0.25, 0.3) is 0 Å². The van der Waals surface area contributed by atoms with Crippen LogP contribution in [0, 0.1) is 5.92 Å². The molecule has 1 N–H and O–H groups in total. The second kappa shape index (κ2) is 11.4. The van der Waals surface area contributed by atoms with Gasteiger partial charge < -0.3 is 29.2 Å². The summed E-state index contributed by atoms with van der Waals surface area (Å²) in [5.74, 6) is 0.365. The highest BCUT2D eigenvalue weighted by Gasteiger charge is 2.29. The van der Waals surface area contributed by atoms with E-state index in [0.29, 0.717) is 66.6 Å². The predicted octanol–water partition coefficient (Wildman–Crippen LogP) is 3.38. The van der Waals surface area contributed by atoms with E-state index in [0.717, 1.165) is 0 Å². The zero-order valence-corrected chi connectivity index (χ0v) is 19.9. The van der Waals surface area contributed by atoms with Crippen molar-refractivity contribution in [1.29, 1.82) is 0 Å². The Morgan fingerprint density at radius 3 is 2.00 bits per heavy atom. The average molecular weight is 471 g/mol. The van der Waals surface area contributed by atoms with E-state index in [1.54, 1.807) is 48.2 Å². The van der Waals surface area contributed by atoms with Crippen LogP contribution in [-0.4, -0.2) is 63.7 Å². The van der Waals surface area contributed by atoms with Gasteiger partial charge in [0.15, 0.2) is 11.5 Å². The lowest BCUT2D eigenvalue weighted by Crippen LogP contribution is -2.41. The molecule has 1 saturated heterocycles. The Hall–Kier alpha value is -3.75. The Labute approximate surface area is 198 Å². The van der Waals surface area contributed by atoms with Crippen LogP contribution in [-0.2, 0) is 9.53 Å². The summed E-state index contributed by atoms with van der Waals surface area (Å²) in [5.41, 5.74) is 1.46. The summed E-state index contributed by atoms with van der Waals surface area (Å²) in [5, 5.41) is 2.89. The Morgan fingerprint density at radius 1 is 0.912 bits per heavy atom. The molecular formula is C25H30N2O7. The molecule has 3 rings (SSSR count). The minimum Gasteiger partial charge on any atom is -0.493 e. The first-order chi connectivity index (χ1) is 16.4. The summed E-state index contributed by atoms with van der Waals surface area (Å²) in [6.07, 6.45) is 1.09. The number of piperidine rings is 1. The van der Waals surface area contributed by atoms with Gasteiger partial charge in [-0.3, -0.25) is 9.59 Å². The highest BCUT2D eigenvalue weighted by Crippen LogP contribution is 2.38. The third-order valence-corrected chi connectivity index (χ3v) is 5.73. The van der Waals surface area contributed by atoms with E-state index in [1.165, 1.54) is 21.3 Å². The van der Waals surface area contributed by atoms with E-state index < -0.39 is 5.97 Å². The molecule has 1 fully saturated rings. The van der Waals surface area contributed by atoms with Gasteiger partial charge >= 0.3 is 5.97 Å². The molecule has 182 valence electrons. The number of esters is 1. The van der Waals surface area contributed by atoms with Crippen molar-refractivity contribution in [3.05, 3.63) is 47.5 Å². The Kier molecular flexibility index (Phi) is 8.34. The fraction of sp³-hybridized carbons (Fsp3) is 0.400. The lowest BCUT2D eigenvalue weighted by atomic mass is 9.95. The Morgan fingerprint density at radius 2 is 1.50 bits per heavy atom. The molecule has 0 aromatic heterocycles. The molecule has 9 nitrogen and oxygen atoms in total. The summed E-state index contributed by atoms with van der Waals surface area (Å²) in [6.45, 7) is 2.96. The molecule has 1 aliphatic rings. The van der Waals surface area contributed by atoms with Gasteiger partial charge in [0.2, 0.25) is 11.7 Å². The van der Waals surface area contributed by atoms with Crippen molar-refractivity contribution in [2.24, 2.45) is 5.92 Å². The number of hydrogen-bond donors (Lipinski definition) is 1. The maximum Gasteiger partial charge on any atom is 0.338 e. The number of nitrogens with one attached hydrogen (secondary N) is 1. The quantitative estimate of drug-likeness (QED) is 0.590. The number of methoxy groups -OCH3 is 3. The average Bonchev–Trinajstić information content (AvgIpc) is 2.87. The second-order valence-electron chi connectivity index (χ2n) is 7.77. The van der Waals surface area contributed by atoms with Crippen LogP contribution in [0.15, 0.2) is 36.4 Å². The number of benzene rings is 2. The zero-order valence-electron chi connectivity index (χ0n) is 19.9. The van der Waals surface area contributed by atoms with Gasteiger partial charge in [-0.05, 0) is 56.2 Å². The minimum absolute atomic E-state index is 0.108. The maximum absolute atomic E-state index is 13.1. The van der Waals surface area contributed by atoms with Gasteiger partial charge in [0.1, 0.15) is 0 Å². The van der Waals surface area contributed by atoms with Gasteiger partial charge in [-0.2, -0.15) is 0 Å². The maximum atomic E-state index is 13.1. The minimum atomic E-state index is -0.399. The van der Waals surface area contributed by atoms with Crippen LogP contribution in [0.3, 0.4) is 0 Å². The molecule has 34 heavy (non-hydrogen) atoms. The molecule has 0 bridgehead atoms. The molecule has 0 spiro atoms. The number of ether oxygens (including phenoxy) is 4. The smallest absolute Gasteiger partial charge is 0.338 e. The van der Waals surface area contributed by atoms with Crippen LogP contribution in [0.4, 0.5) is 5.69 Å².